The number of carbonyl (C=O) groups excluding carboxylic acids is 1. The van der Waals surface area contributed by atoms with Gasteiger partial charge in [0.05, 0.1) is 17.8 Å². The minimum atomic E-state index is -0.351. The van der Waals surface area contributed by atoms with Crippen LogP contribution in [0.25, 0.3) is 22.5 Å². The lowest BCUT2D eigenvalue weighted by Gasteiger charge is -2.21. The molecule has 0 atom stereocenters. The number of hydrogen-bond donors (Lipinski definition) is 3. The lowest BCUT2D eigenvalue weighted by molar-refractivity contribution is -0.115. The molecule has 0 spiro atoms. The van der Waals surface area contributed by atoms with Gasteiger partial charge in [0, 0.05) is 16.8 Å². The number of nitrogens with two attached hydrogens (primary N) is 1. The lowest BCUT2D eigenvalue weighted by atomic mass is 9.91. The Bertz CT molecular complexity index is 1350. The molecule has 0 saturated heterocycles. The highest BCUT2D eigenvalue weighted by molar-refractivity contribution is 5.95. The molecule has 1 amide bonds. The Hall–Kier alpha value is -4.26. The van der Waals surface area contributed by atoms with Gasteiger partial charge in [0.2, 0.25) is 5.91 Å². The van der Waals surface area contributed by atoms with Crippen LogP contribution in [0.1, 0.15) is 16.8 Å². The van der Waals surface area contributed by atoms with Gasteiger partial charge < -0.3 is 16.2 Å². The number of anilines is 2. The lowest BCUT2D eigenvalue weighted by Crippen LogP contribution is -2.19. The molecule has 4 N–H and O–H groups in total. The fourth-order valence-electron chi connectivity index (χ4n) is 4.04. The van der Waals surface area contributed by atoms with Crippen LogP contribution in [0.3, 0.4) is 0 Å². The Morgan fingerprint density at radius 2 is 1.73 bits per heavy atom. The van der Waals surface area contributed by atoms with Gasteiger partial charge in [-0.1, -0.05) is 18.2 Å². The molecular formula is C26H21FN4O2. The number of benzene rings is 3. The topological polar surface area (TPSA) is 101 Å². The van der Waals surface area contributed by atoms with Crippen LogP contribution in [-0.4, -0.2) is 21.0 Å². The zero-order chi connectivity index (χ0) is 22.9. The van der Waals surface area contributed by atoms with Crippen molar-refractivity contribution in [3.63, 3.8) is 0 Å². The first kappa shape index (κ1) is 20.6. The maximum absolute atomic E-state index is 13.2. The number of nitrogen functional groups attached to an aromatic ring is 1. The minimum Gasteiger partial charge on any atom is -0.508 e. The number of carbonyl (C=O) groups is 1. The van der Waals surface area contributed by atoms with Crippen molar-refractivity contribution in [3.8, 4) is 28.3 Å². The zero-order valence-corrected chi connectivity index (χ0v) is 17.7. The summed E-state index contributed by atoms with van der Waals surface area (Å²) < 4.78 is 13.2. The summed E-state index contributed by atoms with van der Waals surface area (Å²) in [5, 5.41) is 12.6. The van der Waals surface area contributed by atoms with Crippen LogP contribution in [0.5, 0.6) is 5.75 Å². The number of nitrogens with zero attached hydrogens (tertiary/aromatic N) is 2. The molecule has 0 saturated carbocycles. The number of phenols is 1. The highest BCUT2D eigenvalue weighted by atomic mass is 19.1. The normalized spacial score (nSPS) is 12.0. The number of rotatable bonds is 4. The van der Waals surface area contributed by atoms with E-state index in [1.165, 1.54) is 12.1 Å². The minimum absolute atomic E-state index is 0.0795. The summed E-state index contributed by atoms with van der Waals surface area (Å²) in [5.74, 6) is -0.144. The van der Waals surface area contributed by atoms with E-state index < -0.39 is 0 Å². The van der Waals surface area contributed by atoms with Gasteiger partial charge in [-0.2, -0.15) is 0 Å². The number of aromatic hydroxyl groups is 1. The monoisotopic (exact) mass is 440 g/mol. The van der Waals surface area contributed by atoms with Gasteiger partial charge in [0.1, 0.15) is 17.3 Å². The molecule has 0 bridgehead atoms. The molecule has 1 aliphatic carbocycles. The quantitative estimate of drug-likeness (QED) is 0.405. The Morgan fingerprint density at radius 1 is 0.970 bits per heavy atom. The molecule has 1 heterocycles. The fraction of sp³-hybridized carbons (Fsp3) is 0.115. The predicted octanol–water partition coefficient (Wildman–Crippen LogP) is 4.52. The van der Waals surface area contributed by atoms with Gasteiger partial charge in [-0.3, -0.25) is 4.79 Å². The highest BCUT2D eigenvalue weighted by Crippen LogP contribution is 2.36. The number of fused-ring (bicyclic) bond motifs is 3. The average Bonchev–Trinajstić information content (AvgIpc) is 2.80. The van der Waals surface area contributed by atoms with Crippen molar-refractivity contribution < 1.29 is 14.3 Å². The van der Waals surface area contributed by atoms with Crippen LogP contribution in [0.15, 0.2) is 66.7 Å². The van der Waals surface area contributed by atoms with Gasteiger partial charge >= 0.3 is 0 Å². The summed E-state index contributed by atoms with van der Waals surface area (Å²) in [5.41, 5.74) is 12.2. The van der Waals surface area contributed by atoms with Crippen LogP contribution in [0.4, 0.5) is 15.9 Å². The molecule has 0 radical (unpaired) electrons. The van der Waals surface area contributed by atoms with E-state index in [0.29, 0.717) is 34.7 Å². The number of phenolic OH excluding ortho intramolecular Hbond substituents is 1. The zero-order valence-electron chi connectivity index (χ0n) is 17.7. The largest absolute Gasteiger partial charge is 0.508 e. The van der Waals surface area contributed by atoms with E-state index in [0.717, 1.165) is 28.9 Å². The average molecular weight is 440 g/mol. The number of nitrogens with one attached hydrogen (secondary N) is 1. The maximum atomic E-state index is 13.2. The fourth-order valence-corrected chi connectivity index (χ4v) is 4.04. The van der Waals surface area contributed by atoms with Crippen molar-refractivity contribution in [3.05, 3.63) is 89.4 Å². The Morgan fingerprint density at radius 3 is 2.48 bits per heavy atom. The van der Waals surface area contributed by atoms with Crippen molar-refractivity contribution in [2.75, 3.05) is 11.1 Å². The van der Waals surface area contributed by atoms with E-state index >= 15 is 0 Å². The standard InChI is InChI=1S/C26H21FN4O2/c27-18-6-1-15(2-7-18)13-23(33)30-26-24(16-3-9-20(32)10-4-16)31-25-21-11-8-19(28)14-17(21)5-12-22(25)29-26/h1-4,6-11,14,32H,5,12-13,28H2,(H,29,30,33). The third-order valence-electron chi connectivity index (χ3n) is 5.66. The number of aryl methyl sites for hydroxylation is 2. The Labute approximate surface area is 190 Å². The Balaban J connectivity index is 1.55. The summed E-state index contributed by atoms with van der Waals surface area (Å²) in [6.45, 7) is 0. The summed E-state index contributed by atoms with van der Waals surface area (Å²) in [6.07, 6.45) is 1.54. The van der Waals surface area contributed by atoms with Gasteiger partial charge in [-0.05, 0) is 72.5 Å². The molecule has 6 nitrogen and oxygen atoms in total. The number of hydrogen-bond acceptors (Lipinski definition) is 5. The predicted molar refractivity (Wildman–Crippen MR) is 125 cm³/mol. The summed E-state index contributed by atoms with van der Waals surface area (Å²) in [6, 6.07) is 18.2. The van der Waals surface area contributed by atoms with Crippen LogP contribution < -0.4 is 11.1 Å². The summed E-state index contributed by atoms with van der Waals surface area (Å²) in [4.78, 5) is 22.5. The highest BCUT2D eigenvalue weighted by Gasteiger charge is 2.23. The molecule has 7 heteroatoms. The number of halogens is 1. The van der Waals surface area contributed by atoms with E-state index in [-0.39, 0.29) is 23.9 Å². The van der Waals surface area contributed by atoms with E-state index in [9.17, 15) is 14.3 Å². The van der Waals surface area contributed by atoms with Crippen LogP contribution >= 0.6 is 0 Å². The van der Waals surface area contributed by atoms with E-state index in [2.05, 4.69) is 5.32 Å². The van der Waals surface area contributed by atoms with E-state index in [1.807, 2.05) is 18.2 Å². The van der Waals surface area contributed by atoms with Crippen LogP contribution in [-0.2, 0) is 24.1 Å². The third-order valence-corrected chi connectivity index (χ3v) is 5.66. The molecule has 0 aliphatic heterocycles. The van der Waals surface area contributed by atoms with Gasteiger partial charge in [-0.25, -0.2) is 14.4 Å². The van der Waals surface area contributed by atoms with E-state index in [4.69, 9.17) is 15.7 Å². The summed E-state index contributed by atoms with van der Waals surface area (Å²) in [7, 11) is 0. The molecule has 0 unspecified atom stereocenters. The first-order valence-electron chi connectivity index (χ1n) is 10.6. The van der Waals surface area contributed by atoms with Gasteiger partial charge in [0.15, 0.2) is 5.82 Å². The second-order valence-corrected chi connectivity index (χ2v) is 8.03. The molecular weight excluding hydrogens is 419 g/mol. The van der Waals surface area contributed by atoms with Crippen molar-refractivity contribution in [2.45, 2.75) is 19.3 Å². The molecule has 5 rings (SSSR count). The van der Waals surface area contributed by atoms with Crippen LogP contribution in [0, 0.1) is 5.82 Å². The number of aromatic nitrogens is 2. The molecule has 164 valence electrons. The van der Waals surface area contributed by atoms with Crippen molar-refractivity contribution in [1.29, 1.82) is 0 Å². The van der Waals surface area contributed by atoms with Crippen molar-refractivity contribution in [2.24, 2.45) is 0 Å². The maximum Gasteiger partial charge on any atom is 0.230 e. The van der Waals surface area contributed by atoms with E-state index in [1.54, 1.807) is 36.4 Å². The third kappa shape index (κ3) is 4.25. The van der Waals surface area contributed by atoms with Crippen molar-refractivity contribution >= 4 is 17.4 Å². The van der Waals surface area contributed by atoms with Crippen LogP contribution in [0.2, 0.25) is 0 Å². The van der Waals surface area contributed by atoms with Crippen molar-refractivity contribution in [1.82, 2.24) is 9.97 Å². The summed E-state index contributed by atoms with van der Waals surface area (Å²) >= 11 is 0. The molecule has 1 aliphatic rings. The second-order valence-electron chi connectivity index (χ2n) is 8.03. The molecule has 0 fully saturated rings. The smallest absolute Gasteiger partial charge is 0.230 e. The van der Waals surface area contributed by atoms with Gasteiger partial charge in [-0.15, -0.1) is 0 Å². The second kappa shape index (κ2) is 8.35. The number of amides is 1. The first-order chi connectivity index (χ1) is 16.0. The molecule has 3 aromatic carbocycles. The molecule has 1 aromatic heterocycles. The molecule has 33 heavy (non-hydrogen) atoms. The SMILES string of the molecule is Nc1ccc2c(c1)CCc1nc(NC(=O)Cc3ccc(F)cc3)c(-c3ccc(O)cc3)nc1-2. The first-order valence-corrected chi connectivity index (χ1v) is 10.6. The van der Waals surface area contributed by atoms with Gasteiger partial charge in [0.25, 0.3) is 0 Å². The molecule has 4 aromatic rings. The Kier molecular flexibility index (Phi) is 5.22.